The highest BCUT2D eigenvalue weighted by Gasteiger charge is 2.17. The Labute approximate surface area is 102 Å². The third-order valence-corrected chi connectivity index (χ3v) is 2.07. The molecular weight excluding hydrogens is 222 g/mol. The van der Waals surface area contributed by atoms with Crippen molar-refractivity contribution in [1.29, 1.82) is 0 Å². The van der Waals surface area contributed by atoms with Gasteiger partial charge in [0.05, 0.1) is 12.6 Å². The summed E-state index contributed by atoms with van der Waals surface area (Å²) >= 11 is 0. The first-order chi connectivity index (χ1) is 8.01. The van der Waals surface area contributed by atoms with Crippen molar-refractivity contribution in [2.24, 2.45) is 0 Å². The van der Waals surface area contributed by atoms with Crippen LogP contribution in [0.5, 0.6) is 0 Å². The third kappa shape index (κ3) is 7.70. The first kappa shape index (κ1) is 15.9. The largest absolute Gasteiger partial charge is 0.380 e. The fourth-order valence-corrected chi connectivity index (χ4v) is 1.27. The standard InChI is InChI=1S/C11H23N3O3/c1-5-12-11(16)14-10(15)9(4)13-8(3)7-17-6-2/h8-9,13H,5-7H2,1-4H3,(H2,12,14,15,16). The van der Waals surface area contributed by atoms with E-state index in [0.29, 0.717) is 19.8 Å². The topological polar surface area (TPSA) is 79.5 Å². The van der Waals surface area contributed by atoms with E-state index in [4.69, 9.17) is 4.74 Å². The Morgan fingerprint density at radius 1 is 1.24 bits per heavy atom. The van der Waals surface area contributed by atoms with Crippen molar-refractivity contribution in [1.82, 2.24) is 16.0 Å². The molecule has 0 aliphatic rings. The third-order valence-electron chi connectivity index (χ3n) is 2.07. The van der Waals surface area contributed by atoms with Crippen molar-refractivity contribution in [2.75, 3.05) is 19.8 Å². The monoisotopic (exact) mass is 245 g/mol. The summed E-state index contributed by atoms with van der Waals surface area (Å²) in [7, 11) is 0. The van der Waals surface area contributed by atoms with E-state index in [2.05, 4.69) is 16.0 Å². The highest BCUT2D eigenvalue weighted by Crippen LogP contribution is 1.89. The molecule has 3 N–H and O–H groups in total. The van der Waals surface area contributed by atoms with Crippen LogP contribution < -0.4 is 16.0 Å². The molecular formula is C11H23N3O3. The van der Waals surface area contributed by atoms with Crippen molar-refractivity contribution >= 4 is 11.9 Å². The van der Waals surface area contributed by atoms with Gasteiger partial charge in [0.1, 0.15) is 0 Å². The lowest BCUT2D eigenvalue weighted by Crippen LogP contribution is -2.50. The number of carbonyl (C=O) groups is 2. The first-order valence-electron chi connectivity index (χ1n) is 5.93. The number of nitrogens with one attached hydrogen (secondary N) is 3. The highest BCUT2D eigenvalue weighted by molar-refractivity contribution is 5.96. The van der Waals surface area contributed by atoms with E-state index in [-0.39, 0.29) is 11.9 Å². The van der Waals surface area contributed by atoms with Gasteiger partial charge in [-0.05, 0) is 27.7 Å². The molecule has 6 heteroatoms. The molecule has 0 aromatic heterocycles. The number of carbonyl (C=O) groups excluding carboxylic acids is 2. The lowest BCUT2D eigenvalue weighted by atomic mass is 10.2. The second-order valence-electron chi connectivity index (χ2n) is 3.80. The van der Waals surface area contributed by atoms with Crippen LogP contribution in [0.2, 0.25) is 0 Å². The van der Waals surface area contributed by atoms with Gasteiger partial charge in [0.2, 0.25) is 5.91 Å². The fraction of sp³-hybridized carbons (Fsp3) is 0.818. The van der Waals surface area contributed by atoms with E-state index in [0.717, 1.165) is 0 Å². The Balaban J connectivity index is 3.92. The molecule has 0 saturated carbocycles. The molecule has 0 fully saturated rings. The van der Waals surface area contributed by atoms with Gasteiger partial charge in [-0.1, -0.05) is 0 Å². The van der Waals surface area contributed by atoms with E-state index in [9.17, 15) is 9.59 Å². The second kappa shape index (κ2) is 8.95. The van der Waals surface area contributed by atoms with Gasteiger partial charge in [-0.25, -0.2) is 4.79 Å². The molecule has 2 unspecified atom stereocenters. The zero-order chi connectivity index (χ0) is 13.3. The summed E-state index contributed by atoms with van der Waals surface area (Å²) < 4.78 is 5.22. The molecule has 0 aromatic rings. The van der Waals surface area contributed by atoms with Crippen LogP contribution in [0.3, 0.4) is 0 Å². The van der Waals surface area contributed by atoms with Crippen LogP contribution in [0.1, 0.15) is 27.7 Å². The highest BCUT2D eigenvalue weighted by atomic mass is 16.5. The zero-order valence-corrected chi connectivity index (χ0v) is 11.0. The van der Waals surface area contributed by atoms with Gasteiger partial charge < -0.3 is 15.4 Å². The molecule has 0 aliphatic carbocycles. The van der Waals surface area contributed by atoms with E-state index in [1.165, 1.54) is 0 Å². The van der Waals surface area contributed by atoms with Gasteiger partial charge in [-0.2, -0.15) is 0 Å². The summed E-state index contributed by atoms with van der Waals surface area (Å²) in [6.07, 6.45) is 0. The first-order valence-corrected chi connectivity index (χ1v) is 5.93. The number of hydrogen-bond donors (Lipinski definition) is 3. The number of rotatable bonds is 7. The Morgan fingerprint density at radius 2 is 1.88 bits per heavy atom. The van der Waals surface area contributed by atoms with Crippen molar-refractivity contribution in [3.63, 3.8) is 0 Å². The molecule has 6 nitrogen and oxygen atoms in total. The Bertz CT molecular complexity index is 246. The number of hydrogen-bond acceptors (Lipinski definition) is 4. The molecule has 0 radical (unpaired) electrons. The molecule has 3 amide bonds. The fourth-order valence-electron chi connectivity index (χ4n) is 1.27. The molecule has 2 atom stereocenters. The summed E-state index contributed by atoms with van der Waals surface area (Å²) in [4.78, 5) is 22.7. The van der Waals surface area contributed by atoms with Crippen molar-refractivity contribution < 1.29 is 14.3 Å². The minimum atomic E-state index is -0.469. The molecule has 100 valence electrons. The number of ether oxygens (including phenoxy) is 1. The zero-order valence-electron chi connectivity index (χ0n) is 11.0. The van der Waals surface area contributed by atoms with Crippen LogP contribution in [0.25, 0.3) is 0 Å². The van der Waals surface area contributed by atoms with Gasteiger partial charge in [0, 0.05) is 19.2 Å². The average Bonchev–Trinajstić information content (AvgIpc) is 2.26. The molecule has 0 saturated heterocycles. The summed E-state index contributed by atoms with van der Waals surface area (Å²) in [5.74, 6) is -0.348. The lowest BCUT2D eigenvalue weighted by Gasteiger charge is -2.19. The van der Waals surface area contributed by atoms with Crippen molar-refractivity contribution in [3.8, 4) is 0 Å². The maximum absolute atomic E-state index is 11.6. The van der Waals surface area contributed by atoms with E-state index >= 15 is 0 Å². The summed E-state index contributed by atoms with van der Waals surface area (Å²) in [5, 5.41) is 7.79. The van der Waals surface area contributed by atoms with E-state index < -0.39 is 12.1 Å². The minimum Gasteiger partial charge on any atom is -0.380 e. The number of urea groups is 1. The number of imide groups is 1. The molecule has 0 rings (SSSR count). The summed E-state index contributed by atoms with van der Waals surface area (Å²) in [6, 6.07) is -0.846. The molecule has 0 bridgehead atoms. The van der Waals surface area contributed by atoms with Crippen LogP contribution in [-0.4, -0.2) is 43.8 Å². The maximum atomic E-state index is 11.6. The SMILES string of the molecule is CCNC(=O)NC(=O)C(C)NC(C)COCC. The van der Waals surface area contributed by atoms with Gasteiger partial charge in [-0.3, -0.25) is 10.1 Å². The minimum absolute atomic E-state index is 0.0601. The quantitative estimate of drug-likeness (QED) is 0.600. The predicted molar refractivity (Wildman–Crippen MR) is 65.8 cm³/mol. The smallest absolute Gasteiger partial charge is 0.321 e. The van der Waals surface area contributed by atoms with Crippen LogP contribution in [0.4, 0.5) is 4.79 Å². The molecule has 0 heterocycles. The van der Waals surface area contributed by atoms with Gasteiger partial charge in [0.15, 0.2) is 0 Å². The molecule has 17 heavy (non-hydrogen) atoms. The predicted octanol–water partition coefficient (Wildman–Crippen LogP) is 0.235. The average molecular weight is 245 g/mol. The molecule has 0 aliphatic heterocycles. The van der Waals surface area contributed by atoms with Crippen LogP contribution in [-0.2, 0) is 9.53 Å². The lowest BCUT2D eigenvalue weighted by molar-refractivity contribution is -0.121. The van der Waals surface area contributed by atoms with E-state index in [1.54, 1.807) is 13.8 Å². The Kier molecular flexibility index (Phi) is 8.35. The normalized spacial score (nSPS) is 13.9. The van der Waals surface area contributed by atoms with Gasteiger partial charge in [0.25, 0.3) is 0 Å². The molecule has 0 spiro atoms. The van der Waals surface area contributed by atoms with Crippen LogP contribution in [0, 0.1) is 0 Å². The van der Waals surface area contributed by atoms with Crippen LogP contribution in [0.15, 0.2) is 0 Å². The van der Waals surface area contributed by atoms with Gasteiger partial charge in [-0.15, -0.1) is 0 Å². The maximum Gasteiger partial charge on any atom is 0.321 e. The number of amides is 3. The van der Waals surface area contributed by atoms with E-state index in [1.807, 2.05) is 13.8 Å². The Hall–Kier alpha value is -1.14. The molecule has 0 aromatic carbocycles. The van der Waals surface area contributed by atoms with Gasteiger partial charge >= 0.3 is 6.03 Å². The second-order valence-corrected chi connectivity index (χ2v) is 3.80. The summed E-state index contributed by atoms with van der Waals surface area (Å²) in [6.45, 7) is 9.00. The summed E-state index contributed by atoms with van der Waals surface area (Å²) in [5.41, 5.74) is 0. The van der Waals surface area contributed by atoms with Crippen molar-refractivity contribution in [3.05, 3.63) is 0 Å². The Morgan fingerprint density at radius 3 is 2.41 bits per heavy atom. The van der Waals surface area contributed by atoms with Crippen molar-refractivity contribution in [2.45, 2.75) is 39.8 Å². The van der Waals surface area contributed by atoms with Crippen LogP contribution >= 0.6 is 0 Å².